The number of carbonyl (C=O) groups excluding carboxylic acids is 1. The maximum atomic E-state index is 12.3. The van der Waals surface area contributed by atoms with Crippen LogP contribution in [0.3, 0.4) is 0 Å². The molecule has 0 spiro atoms. The second-order valence-electron chi connectivity index (χ2n) is 6.44. The van der Waals surface area contributed by atoms with E-state index < -0.39 is 0 Å². The van der Waals surface area contributed by atoms with E-state index in [-0.39, 0.29) is 11.9 Å². The van der Waals surface area contributed by atoms with E-state index >= 15 is 0 Å². The summed E-state index contributed by atoms with van der Waals surface area (Å²) in [5.41, 5.74) is 9.44. The Kier molecular flexibility index (Phi) is 5.16. The van der Waals surface area contributed by atoms with E-state index in [2.05, 4.69) is 5.32 Å². The van der Waals surface area contributed by atoms with Crippen molar-refractivity contribution in [2.45, 2.75) is 32.7 Å². The van der Waals surface area contributed by atoms with Crippen molar-refractivity contribution in [3.8, 4) is 5.75 Å². The number of nitrogen functional groups attached to an aromatic ring is 1. The standard InChI is InChI=1S/C21H24N2O3/c1-13-17-12-16(25-3)9-10-19(17)26-21(13)14(2)23-20(24)11-8-15-6-4-5-7-18(15)22/h4-7,9-10,12,14H,8,11,22H2,1-3H3,(H,23,24). The number of furan rings is 1. The van der Waals surface area contributed by atoms with Gasteiger partial charge in [-0.3, -0.25) is 4.79 Å². The zero-order valence-corrected chi connectivity index (χ0v) is 15.3. The fourth-order valence-corrected chi connectivity index (χ4v) is 3.15. The van der Waals surface area contributed by atoms with E-state index in [1.165, 1.54) is 0 Å². The minimum absolute atomic E-state index is 0.0295. The van der Waals surface area contributed by atoms with Crippen LogP contribution in [0.1, 0.15) is 36.3 Å². The van der Waals surface area contributed by atoms with Crippen LogP contribution in [0, 0.1) is 6.92 Å². The van der Waals surface area contributed by atoms with Crippen LogP contribution < -0.4 is 15.8 Å². The van der Waals surface area contributed by atoms with Gasteiger partial charge in [-0.05, 0) is 50.1 Å². The van der Waals surface area contributed by atoms with Crippen molar-refractivity contribution in [2.75, 3.05) is 12.8 Å². The molecule has 5 heteroatoms. The highest BCUT2D eigenvalue weighted by Gasteiger charge is 2.19. The Hall–Kier alpha value is -2.95. The summed E-state index contributed by atoms with van der Waals surface area (Å²) < 4.78 is 11.2. The fraction of sp³-hybridized carbons (Fsp3) is 0.286. The molecule has 1 unspecified atom stereocenters. The van der Waals surface area contributed by atoms with E-state index in [1.54, 1.807) is 7.11 Å². The molecule has 0 radical (unpaired) electrons. The summed E-state index contributed by atoms with van der Waals surface area (Å²) in [6.45, 7) is 3.92. The maximum Gasteiger partial charge on any atom is 0.220 e. The summed E-state index contributed by atoms with van der Waals surface area (Å²) in [6, 6.07) is 13.1. The Balaban J connectivity index is 1.68. The molecule has 0 saturated carbocycles. The normalized spacial score (nSPS) is 12.1. The number of rotatable bonds is 6. The van der Waals surface area contributed by atoms with Gasteiger partial charge in [0.25, 0.3) is 0 Å². The molecular weight excluding hydrogens is 328 g/mol. The Bertz CT molecular complexity index is 930. The van der Waals surface area contributed by atoms with Crippen molar-refractivity contribution >= 4 is 22.6 Å². The summed E-state index contributed by atoms with van der Waals surface area (Å²) in [6.07, 6.45) is 0.993. The number of nitrogens with one attached hydrogen (secondary N) is 1. The van der Waals surface area contributed by atoms with Gasteiger partial charge in [0, 0.05) is 23.1 Å². The van der Waals surface area contributed by atoms with Gasteiger partial charge in [-0.1, -0.05) is 18.2 Å². The zero-order chi connectivity index (χ0) is 18.7. The predicted octanol–water partition coefficient (Wildman–Crippen LogP) is 4.14. The van der Waals surface area contributed by atoms with E-state index in [0.29, 0.717) is 12.8 Å². The summed E-state index contributed by atoms with van der Waals surface area (Å²) >= 11 is 0. The van der Waals surface area contributed by atoms with Gasteiger partial charge in [0.15, 0.2) is 0 Å². The maximum absolute atomic E-state index is 12.3. The van der Waals surface area contributed by atoms with Gasteiger partial charge in [0.2, 0.25) is 5.91 Å². The molecule has 26 heavy (non-hydrogen) atoms. The third-order valence-corrected chi connectivity index (χ3v) is 4.63. The Morgan fingerprint density at radius 1 is 1.27 bits per heavy atom. The van der Waals surface area contributed by atoms with Crippen LogP contribution in [0.5, 0.6) is 5.75 Å². The first-order valence-electron chi connectivity index (χ1n) is 8.69. The lowest BCUT2D eigenvalue weighted by Gasteiger charge is -2.13. The quantitative estimate of drug-likeness (QED) is 0.654. The summed E-state index contributed by atoms with van der Waals surface area (Å²) in [5.74, 6) is 1.52. The number of aryl methyl sites for hydroxylation is 2. The van der Waals surface area contributed by atoms with Crippen LogP contribution in [0.4, 0.5) is 5.69 Å². The average Bonchev–Trinajstić information content (AvgIpc) is 2.97. The lowest BCUT2D eigenvalue weighted by molar-refractivity contribution is -0.121. The SMILES string of the molecule is COc1ccc2oc(C(C)NC(=O)CCc3ccccc3N)c(C)c2c1. The third-order valence-electron chi connectivity index (χ3n) is 4.63. The van der Waals surface area contributed by atoms with E-state index in [9.17, 15) is 4.79 Å². The van der Waals surface area contributed by atoms with Gasteiger partial charge in [-0.25, -0.2) is 0 Å². The number of anilines is 1. The number of para-hydroxylation sites is 1. The molecule has 2 aromatic carbocycles. The highest BCUT2D eigenvalue weighted by atomic mass is 16.5. The minimum atomic E-state index is -0.214. The number of fused-ring (bicyclic) bond motifs is 1. The molecule has 0 saturated heterocycles. The minimum Gasteiger partial charge on any atom is -0.497 e. The number of ether oxygens (including phenoxy) is 1. The molecule has 1 amide bonds. The lowest BCUT2D eigenvalue weighted by Crippen LogP contribution is -2.27. The highest BCUT2D eigenvalue weighted by Crippen LogP contribution is 2.31. The second-order valence-corrected chi connectivity index (χ2v) is 6.44. The van der Waals surface area contributed by atoms with Crippen molar-refractivity contribution in [3.05, 3.63) is 59.4 Å². The molecule has 5 nitrogen and oxygen atoms in total. The summed E-state index contributed by atoms with van der Waals surface area (Å²) in [7, 11) is 1.64. The number of amides is 1. The first-order chi connectivity index (χ1) is 12.5. The number of benzene rings is 2. The van der Waals surface area contributed by atoms with Crippen LogP contribution >= 0.6 is 0 Å². The van der Waals surface area contributed by atoms with Crippen LogP contribution in [0.2, 0.25) is 0 Å². The van der Waals surface area contributed by atoms with Gasteiger partial charge >= 0.3 is 0 Å². The molecule has 1 atom stereocenters. The molecule has 0 aliphatic heterocycles. The smallest absolute Gasteiger partial charge is 0.220 e. The van der Waals surface area contributed by atoms with Crippen LogP contribution in [-0.4, -0.2) is 13.0 Å². The van der Waals surface area contributed by atoms with Crippen molar-refractivity contribution in [3.63, 3.8) is 0 Å². The largest absolute Gasteiger partial charge is 0.497 e. The highest BCUT2D eigenvalue weighted by molar-refractivity contribution is 5.84. The molecule has 3 aromatic rings. The van der Waals surface area contributed by atoms with E-state index in [4.69, 9.17) is 14.9 Å². The van der Waals surface area contributed by atoms with Gasteiger partial charge in [-0.2, -0.15) is 0 Å². The van der Waals surface area contributed by atoms with Crippen LogP contribution in [0.25, 0.3) is 11.0 Å². The molecule has 3 N–H and O–H groups in total. The molecule has 3 rings (SSSR count). The van der Waals surface area contributed by atoms with Gasteiger partial charge in [0.1, 0.15) is 17.1 Å². The Labute approximate surface area is 153 Å². The van der Waals surface area contributed by atoms with Crippen LogP contribution in [-0.2, 0) is 11.2 Å². The first-order valence-corrected chi connectivity index (χ1v) is 8.69. The molecule has 1 heterocycles. The van der Waals surface area contributed by atoms with Crippen molar-refractivity contribution in [2.24, 2.45) is 0 Å². The summed E-state index contributed by atoms with van der Waals surface area (Å²) in [4.78, 5) is 12.3. The third kappa shape index (κ3) is 3.67. The number of methoxy groups -OCH3 is 1. The molecule has 0 aliphatic carbocycles. The number of carbonyl (C=O) groups is 1. The van der Waals surface area contributed by atoms with E-state index in [0.717, 1.165) is 39.3 Å². The Morgan fingerprint density at radius 3 is 2.77 bits per heavy atom. The number of hydrogen-bond acceptors (Lipinski definition) is 4. The monoisotopic (exact) mass is 352 g/mol. The number of nitrogens with two attached hydrogens (primary N) is 1. The fourth-order valence-electron chi connectivity index (χ4n) is 3.15. The van der Waals surface area contributed by atoms with Crippen molar-refractivity contribution in [1.82, 2.24) is 5.32 Å². The topological polar surface area (TPSA) is 77.5 Å². The molecule has 0 bridgehead atoms. The molecular formula is C21H24N2O3. The van der Waals surface area contributed by atoms with Crippen molar-refractivity contribution < 1.29 is 13.9 Å². The van der Waals surface area contributed by atoms with Gasteiger partial charge in [-0.15, -0.1) is 0 Å². The molecule has 136 valence electrons. The average molecular weight is 352 g/mol. The van der Waals surface area contributed by atoms with E-state index in [1.807, 2.05) is 56.3 Å². The summed E-state index contributed by atoms with van der Waals surface area (Å²) in [5, 5.41) is 4.01. The predicted molar refractivity (Wildman–Crippen MR) is 103 cm³/mol. The van der Waals surface area contributed by atoms with Crippen molar-refractivity contribution in [1.29, 1.82) is 0 Å². The molecule has 0 aliphatic rings. The van der Waals surface area contributed by atoms with Crippen LogP contribution in [0.15, 0.2) is 46.9 Å². The second kappa shape index (κ2) is 7.52. The molecule has 1 aromatic heterocycles. The van der Waals surface area contributed by atoms with Gasteiger partial charge in [0.05, 0.1) is 13.2 Å². The Morgan fingerprint density at radius 2 is 2.04 bits per heavy atom. The van der Waals surface area contributed by atoms with Gasteiger partial charge < -0.3 is 20.2 Å². The first kappa shape index (κ1) is 17.9. The number of hydrogen-bond donors (Lipinski definition) is 2. The molecule has 0 fully saturated rings. The zero-order valence-electron chi connectivity index (χ0n) is 15.3. The lowest BCUT2D eigenvalue weighted by atomic mass is 10.1.